The van der Waals surface area contributed by atoms with Gasteiger partial charge in [0.05, 0.1) is 10.7 Å². The number of nitrogens with one attached hydrogen (secondary N) is 1. The number of rotatable bonds is 5. The number of aromatic nitrogens is 1. The molecule has 1 aromatic rings. The lowest BCUT2D eigenvalue weighted by molar-refractivity contribution is 0.456. The first kappa shape index (κ1) is 11.4. The molecule has 3 fully saturated rings. The van der Waals surface area contributed by atoms with Gasteiger partial charge >= 0.3 is 0 Å². The van der Waals surface area contributed by atoms with E-state index in [2.05, 4.69) is 15.7 Å². The van der Waals surface area contributed by atoms with Gasteiger partial charge in [0.2, 0.25) is 0 Å². The van der Waals surface area contributed by atoms with Crippen molar-refractivity contribution >= 4 is 11.3 Å². The van der Waals surface area contributed by atoms with Gasteiger partial charge in [0.15, 0.2) is 0 Å². The fourth-order valence-corrected chi connectivity index (χ4v) is 5.30. The second kappa shape index (κ2) is 4.29. The van der Waals surface area contributed by atoms with Crippen molar-refractivity contribution in [1.82, 2.24) is 10.3 Å². The molecule has 4 heteroatoms. The van der Waals surface area contributed by atoms with Crippen LogP contribution in [-0.2, 0) is 13.0 Å². The molecule has 0 saturated heterocycles. The molecule has 0 radical (unpaired) electrons. The topological polar surface area (TPSA) is 50.9 Å². The van der Waals surface area contributed by atoms with Gasteiger partial charge in [-0.3, -0.25) is 0 Å². The smallest absolute Gasteiger partial charge is 0.0941 e. The number of nitrogens with zero attached hydrogens (tertiary/aromatic N) is 1. The molecular weight excluding hydrogens is 242 g/mol. The molecule has 4 unspecified atom stereocenters. The van der Waals surface area contributed by atoms with Gasteiger partial charge in [0.1, 0.15) is 0 Å². The second-order valence-corrected chi connectivity index (χ2v) is 7.11. The molecular formula is C14H21N3S. The summed E-state index contributed by atoms with van der Waals surface area (Å²) >= 11 is 1.75. The van der Waals surface area contributed by atoms with Crippen LogP contribution in [0.4, 0.5) is 0 Å². The first-order valence-corrected chi connectivity index (χ1v) is 8.11. The Kier molecular flexibility index (Phi) is 2.71. The molecule has 1 heterocycles. The van der Waals surface area contributed by atoms with Gasteiger partial charge in [-0.15, -0.1) is 11.3 Å². The second-order valence-electron chi connectivity index (χ2n) is 6.17. The van der Waals surface area contributed by atoms with Crippen LogP contribution in [0.3, 0.4) is 0 Å². The average molecular weight is 263 g/mol. The van der Waals surface area contributed by atoms with E-state index in [4.69, 9.17) is 5.73 Å². The van der Waals surface area contributed by atoms with Gasteiger partial charge in [-0.1, -0.05) is 0 Å². The maximum atomic E-state index is 5.55. The molecule has 1 aromatic heterocycles. The molecule has 4 rings (SSSR count). The van der Waals surface area contributed by atoms with Crippen molar-refractivity contribution in [3.63, 3.8) is 0 Å². The van der Waals surface area contributed by atoms with E-state index in [1.54, 1.807) is 11.3 Å². The van der Waals surface area contributed by atoms with Crippen LogP contribution in [0, 0.1) is 23.7 Å². The number of nitrogens with two attached hydrogens (primary N) is 1. The summed E-state index contributed by atoms with van der Waals surface area (Å²) in [5.41, 5.74) is 6.76. The number of thiazole rings is 1. The normalized spacial score (nSPS) is 40.2. The van der Waals surface area contributed by atoms with Crippen molar-refractivity contribution in [3.05, 3.63) is 16.1 Å². The molecule has 0 aromatic carbocycles. The van der Waals surface area contributed by atoms with Crippen LogP contribution >= 0.6 is 11.3 Å². The Morgan fingerprint density at radius 1 is 1.33 bits per heavy atom. The van der Waals surface area contributed by atoms with Gasteiger partial charge in [0, 0.05) is 24.4 Å². The first-order valence-electron chi connectivity index (χ1n) is 7.23. The molecule has 0 spiro atoms. The Morgan fingerprint density at radius 2 is 2.11 bits per heavy atom. The summed E-state index contributed by atoms with van der Waals surface area (Å²) in [7, 11) is 0. The van der Waals surface area contributed by atoms with Crippen LogP contribution in [-0.4, -0.2) is 17.6 Å². The summed E-state index contributed by atoms with van der Waals surface area (Å²) in [5.74, 6) is 4.15. The Hall–Kier alpha value is -0.450. The van der Waals surface area contributed by atoms with Crippen molar-refractivity contribution in [3.8, 4) is 0 Å². The zero-order valence-corrected chi connectivity index (χ0v) is 11.5. The van der Waals surface area contributed by atoms with Crippen molar-refractivity contribution < 1.29 is 0 Å². The molecule has 3 N–H and O–H groups in total. The van der Waals surface area contributed by atoms with Crippen LogP contribution in [0.25, 0.3) is 0 Å². The SMILES string of the molecule is NCCc1nc(CNC2C3C4CCC(C4)C23)cs1. The lowest BCUT2D eigenvalue weighted by atomic mass is 10.0. The third-order valence-corrected chi connectivity index (χ3v) is 6.17. The molecule has 18 heavy (non-hydrogen) atoms. The molecule has 3 aliphatic rings. The van der Waals surface area contributed by atoms with Gasteiger partial charge < -0.3 is 11.1 Å². The number of hydrogen-bond acceptors (Lipinski definition) is 4. The Balaban J connectivity index is 1.32. The molecule has 3 saturated carbocycles. The highest BCUT2D eigenvalue weighted by molar-refractivity contribution is 7.09. The van der Waals surface area contributed by atoms with Crippen LogP contribution in [0.5, 0.6) is 0 Å². The molecule has 98 valence electrons. The molecule has 2 bridgehead atoms. The maximum absolute atomic E-state index is 5.55. The van der Waals surface area contributed by atoms with E-state index in [0.717, 1.165) is 42.7 Å². The van der Waals surface area contributed by atoms with Gasteiger partial charge in [-0.25, -0.2) is 4.98 Å². The van der Waals surface area contributed by atoms with Gasteiger partial charge in [0.25, 0.3) is 0 Å². The third kappa shape index (κ3) is 1.74. The maximum Gasteiger partial charge on any atom is 0.0941 e. The molecule has 3 aliphatic carbocycles. The molecule has 0 amide bonds. The van der Waals surface area contributed by atoms with Crippen molar-refractivity contribution in [2.45, 2.75) is 38.3 Å². The van der Waals surface area contributed by atoms with E-state index in [-0.39, 0.29) is 0 Å². The minimum absolute atomic E-state index is 0.705. The quantitative estimate of drug-likeness (QED) is 0.851. The minimum atomic E-state index is 0.705. The predicted octanol–water partition coefficient (Wildman–Crippen LogP) is 1.78. The molecule has 4 atom stereocenters. The van der Waals surface area contributed by atoms with Crippen LogP contribution in [0.15, 0.2) is 5.38 Å². The summed E-state index contributed by atoms with van der Waals surface area (Å²) in [6, 6.07) is 0.816. The predicted molar refractivity (Wildman–Crippen MR) is 73.3 cm³/mol. The van der Waals surface area contributed by atoms with E-state index in [9.17, 15) is 0 Å². The van der Waals surface area contributed by atoms with E-state index in [0.29, 0.717) is 6.54 Å². The highest BCUT2D eigenvalue weighted by Gasteiger charge is 2.64. The number of fused-ring (bicyclic) bond motifs is 5. The zero-order chi connectivity index (χ0) is 12.1. The average Bonchev–Trinajstić information content (AvgIpc) is 2.79. The van der Waals surface area contributed by atoms with Gasteiger partial charge in [-0.05, 0) is 49.5 Å². The van der Waals surface area contributed by atoms with E-state index < -0.39 is 0 Å². The lowest BCUT2D eigenvalue weighted by Gasteiger charge is -2.09. The van der Waals surface area contributed by atoms with Crippen molar-refractivity contribution in [1.29, 1.82) is 0 Å². The van der Waals surface area contributed by atoms with Crippen LogP contribution in [0.2, 0.25) is 0 Å². The fraction of sp³-hybridized carbons (Fsp3) is 0.786. The third-order valence-electron chi connectivity index (χ3n) is 5.21. The standard InChI is InChI=1S/C14H21N3S/c15-4-3-11-17-10(7-18-11)6-16-14-12-8-1-2-9(5-8)13(12)14/h7-9,12-14,16H,1-6,15H2. The Labute approximate surface area is 112 Å². The summed E-state index contributed by atoms with van der Waals surface area (Å²) in [4.78, 5) is 4.62. The summed E-state index contributed by atoms with van der Waals surface area (Å²) < 4.78 is 0. The zero-order valence-electron chi connectivity index (χ0n) is 10.6. The summed E-state index contributed by atoms with van der Waals surface area (Å²) in [5, 5.41) is 7.11. The van der Waals surface area contributed by atoms with Crippen molar-refractivity contribution in [2.24, 2.45) is 29.4 Å². The van der Waals surface area contributed by atoms with E-state index >= 15 is 0 Å². The van der Waals surface area contributed by atoms with Crippen LogP contribution < -0.4 is 11.1 Å². The monoisotopic (exact) mass is 263 g/mol. The molecule has 0 aliphatic heterocycles. The van der Waals surface area contributed by atoms with Crippen molar-refractivity contribution in [2.75, 3.05) is 6.54 Å². The number of hydrogen-bond donors (Lipinski definition) is 2. The summed E-state index contributed by atoms with van der Waals surface area (Å²) in [6.45, 7) is 1.66. The van der Waals surface area contributed by atoms with Crippen LogP contribution in [0.1, 0.15) is 30.0 Å². The fourth-order valence-electron chi connectivity index (χ4n) is 4.49. The van der Waals surface area contributed by atoms with E-state index in [1.165, 1.54) is 30.0 Å². The highest BCUT2D eigenvalue weighted by Crippen LogP contribution is 2.65. The Morgan fingerprint density at radius 3 is 2.83 bits per heavy atom. The Bertz CT molecular complexity index is 428. The van der Waals surface area contributed by atoms with Gasteiger partial charge in [-0.2, -0.15) is 0 Å². The van der Waals surface area contributed by atoms with E-state index in [1.807, 2.05) is 0 Å². The minimum Gasteiger partial charge on any atom is -0.330 e. The molecule has 3 nitrogen and oxygen atoms in total. The lowest BCUT2D eigenvalue weighted by Crippen LogP contribution is -2.22. The summed E-state index contributed by atoms with van der Waals surface area (Å²) in [6.07, 6.45) is 5.46. The largest absolute Gasteiger partial charge is 0.330 e. The highest BCUT2D eigenvalue weighted by atomic mass is 32.1. The first-order chi connectivity index (χ1) is 8.86.